The Hall–Kier alpha value is -0.530. The van der Waals surface area contributed by atoms with Gasteiger partial charge in [-0.25, -0.2) is 0 Å². The van der Waals surface area contributed by atoms with E-state index in [1.54, 1.807) is 0 Å². The number of likely N-dealkylation sites (N-methyl/N-ethyl adjacent to an activating group) is 1. The zero-order valence-corrected chi connectivity index (χ0v) is 10.4. The summed E-state index contributed by atoms with van der Waals surface area (Å²) in [5.41, 5.74) is 1.21. The maximum Gasteiger partial charge on any atom is 0.0712 e. The maximum atomic E-state index is 6.34. The van der Waals surface area contributed by atoms with Crippen LogP contribution < -0.4 is 0 Å². The molecule has 0 radical (unpaired) electrons. The first kappa shape index (κ1) is 12.5. The zero-order valence-electron chi connectivity index (χ0n) is 9.62. The lowest BCUT2D eigenvalue weighted by molar-refractivity contribution is 0.328. The monoisotopic (exact) mass is 225 g/mol. The minimum absolute atomic E-state index is 0.105. The SMILES string of the molecule is CCCCN(C)CC(Cl)c1ccccc1. The number of alkyl halides is 1. The molecule has 0 saturated heterocycles. The number of hydrogen-bond acceptors (Lipinski definition) is 1. The van der Waals surface area contributed by atoms with Gasteiger partial charge in [-0.3, -0.25) is 0 Å². The second kappa shape index (κ2) is 6.86. The number of nitrogens with zero attached hydrogens (tertiary/aromatic N) is 1. The van der Waals surface area contributed by atoms with Crippen LogP contribution >= 0.6 is 11.6 Å². The summed E-state index contributed by atoms with van der Waals surface area (Å²) in [7, 11) is 2.13. The number of rotatable bonds is 6. The minimum atomic E-state index is 0.105. The minimum Gasteiger partial charge on any atom is -0.305 e. The zero-order chi connectivity index (χ0) is 11.1. The van der Waals surface area contributed by atoms with Crippen molar-refractivity contribution in [2.45, 2.75) is 25.1 Å². The van der Waals surface area contributed by atoms with Crippen molar-refractivity contribution in [1.29, 1.82) is 0 Å². The lowest BCUT2D eigenvalue weighted by atomic mass is 10.1. The molecule has 0 aliphatic heterocycles. The molecule has 0 heterocycles. The molecule has 0 aliphatic carbocycles. The van der Waals surface area contributed by atoms with Crippen LogP contribution in [-0.2, 0) is 0 Å². The van der Waals surface area contributed by atoms with Crippen molar-refractivity contribution in [3.63, 3.8) is 0 Å². The summed E-state index contributed by atoms with van der Waals surface area (Å²) < 4.78 is 0. The standard InChI is InChI=1S/C13H20ClN/c1-3-4-10-15(2)11-13(14)12-8-6-5-7-9-12/h5-9,13H,3-4,10-11H2,1-2H3. The maximum absolute atomic E-state index is 6.34. The normalized spacial score (nSPS) is 13.1. The summed E-state index contributed by atoms with van der Waals surface area (Å²) in [5, 5.41) is 0.105. The number of halogens is 1. The summed E-state index contributed by atoms with van der Waals surface area (Å²) in [6, 6.07) is 10.3. The summed E-state index contributed by atoms with van der Waals surface area (Å²) >= 11 is 6.34. The second-order valence-corrected chi connectivity index (χ2v) is 4.52. The highest BCUT2D eigenvalue weighted by molar-refractivity contribution is 6.21. The van der Waals surface area contributed by atoms with Crippen LogP contribution in [0.4, 0.5) is 0 Å². The van der Waals surface area contributed by atoms with E-state index in [1.165, 1.54) is 18.4 Å². The molecule has 0 aromatic heterocycles. The first-order valence-electron chi connectivity index (χ1n) is 5.61. The third kappa shape index (κ3) is 4.67. The van der Waals surface area contributed by atoms with Gasteiger partial charge in [0.25, 0.3) is 0 Å². The highest BCUT2D eigenvalue weighted by Crippen LogP contribution is 2.20. The molecule has 1 atom stereocenters. The van der Waals surface area contributed by atoms with Crippen molar-refractivity contribution in [2.75, 3.05) is 20.1 Å². The van der Waals surface area contributed by atoms with Gasteiger partial charge in [0.05, 0.1) is 5.38 Å². The molecule has 84 valence electrons. The molecule has 1 nitrogen and oxygen atoms in total. The van der Waals surface area contributed by atoms with Crippen molar-refractivity contribution < 1.29 is 0 Å². The Bertz CT molecular complexity index is 260. The lowest BCUT2D eigenvalue weighted by Gasteiger charge is -2.19. The quantitative estimate of drug-likeness (QED) is 0.668. The predicted octanol–water partition coefficient (Wildman–Crippen LogP) is 3.70. The van der Waals surface area contributed by atoms with E-state index < -0.39 is 0 Å². The van der Waals surface area contributed by atoms with Crippen molar-refractivity contribution in [3.8, 4) is 0 Å². The Morgan fingerprint density at radius 2 is 1.93 bits per heavy atom. The van der Waals surface area contributed by atoms with Crippen LogP contribution in [0.2, 0.25) is 0 Å². The fourth-order valence-electron chi connectivity index (χ4n) is 1.56. The van der Waals surface area contributed by atoms with Crippen molar-refractivity contribution in [3.05, 3.63) is 35.9 Å². The van der Waals surface area contributed by atoms with Crippen LogP contribution in [0, 0.1) is 0 Å². The van der Waals surface area contributed by atoms with E-state index in [0.29, 0.717) is 0 Å². The molecule has 0 aliphatic rings. The van der Waals surface area contributed by atoms with Crippen molar-refractivity contribution in [2.24, 2.45) is 0 Å². The molecule has 1 aromatic carbocycles. The number of benzene rings is 1. The molecule has 0 N–H and O–H groups in total. The molecule has 1 aromatic rings. The van der Waals surface area contributed by atoms with Crippen molar-refractivity contribution in [1.82, 2.24) is 4.90 Å². The van der Waals surface area contributed by atoms with Crippen LogP contribution in [-0.4, -0.2) is 25.0 Å². The van der Waals surface area contributed by atoms with Crippen LogP contribution in [0.3, 0.4) is 0 Å². The highest BCUT2D eigenvalue weighted by atomic mass is 35.5. The average molecular weight is 226 g/mol. The Kier molecular flexibility index (Phi) is 5.74. The van der Waals surface area contributed by atoms with Crippen LogP contribution in [0.5, 0.6) is 0 Å². The second-order valence-electron chi connectivity index (χ2n) is 3.99. The van der Waals surface area contributed by atoms with Crippen LogP contribution in [0.25, 0.3) is 0 Å². The first-order chi connectivity index (χ1) is 7.24. The Balaban J connectivity index is 2.38. The Morgan fingerprint density at radius 3 is 2.53 bits per heavy atom. The van der Waals surface area contributed by atoms with Gasteiger partial charge in [0.15, 0.2) is 0 Å². The Labute approximate surface area is 98.0 Å². The van der Waals surface area contributed by atoms with Gasteiger partial charge < -0.3 is 4.90 Å². The van der Waals surface area contributed by atoms with E-state index in [2.05, 4.69) is 31.0 Å². The van der Waals surface area contributed by atoms with E-state index >= 15 is 0 Å². The van der Waals surface area contributed by atoms with E-state index in [9.17, 15) is 0 Å². The van der Waals surface area contributed by atoms with E-state index in [-0.39, 0.29) is 5.38 Å². The molecular weight excluding hydrogens is 206 g/mol. The Morgan fingerprint density at radius 1 is 1.27 bits per heavy atom. The van der Waals surface area contributed by atoms with Gasteiger partial charge in [-0.15, -0.1) is 11.6 Å². The molecule has 1 rings (SSSR count). The lowest BCUT2D eigenvalue weighted by Crippen LogP contribution is -2.23. The number of unbranched alkanes of at least 4 members (excludes halogenated alkanes) is 1. The molecule has 0 fully saturated rings. The van der Waals surface area contributed by atoms with Gasteiger partial charge in [-0.05, 0) is 25.6 Å². The van der Waals surface area contributed by atoms with Crippen LogP contribution in [0.15, 0.2) is 30.3 Å². The van der Waals surface area contributed by atoms with Gasteiger partial charge in [0.2, 0.25) is 0 Å². The van der Waals surface area contributed by atoms with E-state index in [4.69, 9.17) is 11.6 Å². The smallest absolute Gasteiger partial charge is 0.0712 e. The molecule has 2 heteroatoms. The molecule has 1 unspecified atom stereocenters. The van der Waals surface area contributed by atoms with Gasteiger partial charge in [-0.1, -0.05) is 43.7 Å². The molecule has 0 spiro atoms. The van der Waals surface area contributed by atoms with Gasteiger partial charge in [0, 0.05) is 6.54 Å². The molecule has 0 saturated carbocycles. The largest absolute Gasteiger partial charge is 0.305 e. The molecule has 0 amide bonds. The summed E-state index contributed by atoms with van der Waals surface area (Å²) in [4.78, 5) is 2.30. The van der Waals surface area contributed by atoms with Gasteiger partial charge in [-0.2, -0.15) is 0 Å². The van der Waals surface area contributed by atoms with Crippen molar-refractivity contribution >= 4 is 11.6 Å². The third-order valence-corrected chi connectivity index (χ3v) is 2.92. The summed E-state index contributed by atoms with van der Waals surface area (Å²) in [6.07, 6.45) is 2.48. The average Bonchev–Trinajstić information content (AvgIpc) is 2.27. The van der Waals surface area contributed by atoms with Gasteiger partial charge in [0.1, 0.15) is 0 Å². The van der Waals surface area contributed by atoms with Gasteiger partial charge >= 0.3 is 0 Å². The fraction of sp³-hybridized carbons (Fsp3) is 0.538. The topological polar surface area (TPSA) is 3.24 Å². The fourth-order valence-corrected chi connectivity index (χ4v) is 1.94. The number of hydrogen-bond donors (Lipinski definition) is 0. The summed E-state index contributed by atoms with van der Waals surface area (Å²) in [6.45, 7) is 4.27. The highest BCUT2D eigenvalue weighted by Gasteiger charge is 2.09. The van der Waals surface area contributed by atoms with E-state index in [1.807, 2.05) is 18.2 Å². The third-order valence-electron chi connectivity index (χ3n) is 2.53. The molecular formula is C13H20ClN. The first-order valence-corrected chi connectivity index (χ1v) is 6.05. The summed E-state index contributed by atoms with van der Waals surface area (Å²) in [5.74, 6) is 0. The molecule has 0 bridgehead atoms. The predicted molar refractivity (Wildman–Crippen MR) is 67.4 cm³/mol. The van der Waals surface area contributed by atoms with E-state index in [0.717, 1.165) is 13.1 Å². The van der Waals surface area contributed by atoms with Crippen LogP contribution in [0.1, 0.15) is 30.7 Å². The molecule has 15 heavy (non-hydrogen) atoms.